The van der Waals surface area contributed by atoms with Crippen molar-refractivity contribution in [2.24, 2.45) is 11.5 Å². The van der Waals surface area contributed by atoms with E-state index in [-0.39, 0.29) is 5.56 Å². The fourth-order valence-electron chi connectivity index (χ4n) is 1.57. The van der Waals surface area contributed by atoms with Crippen LogP contribution in [0.5, 0.6) is 0 Å². The van der Waals surface area contributed by atoms with Crippen LogP contribution in [-0.2, 0) is 6.18 Å². The van der Waals surface area contributed by atoms with Gasteiger partial charge in [0.2, 0.25) is 0 Å². The van der Waals surface area contributed by atoms with Crippen molar-refractivity contribution < 1.29 is 13.2 Å². The Morgan fingerprint density at radius 1 is 1.19 bits per heavy atom. The Morgan fingerprint density at radius 3 is 2.38 bits per heavy atom. The lowest BCUT2D eigenvalue weighted by Crippen LogP contribution is -2.18. The maximum atomic E-state index is 12.7. The van der Waals surface area contributed by atoms with Crippen LogP contribution in [0.4, 0.5) is 13.2 Å². The smallest absolute Gasteiger partial charge is 0.330 e. The molecule has 0 aliphatic rings. The topological polar surface area (TPSA) is 52.0 Å². The average molecular weight is 232 g/mol. The number of alkyl halides is 3. The first kappa shape index (κ1) is 13.0. The van der Waals surface area contributed by atoms with Gasteiger partial charge in [0.1, 0.15) is 0 Å². The first-order valence-corrected chi connectivity index (χ1v) is 5.08. The van der Waals surface area contributed by atoms with Crippen LogP contribution in [0, 0.1) is 0 Å². The summed E-state index contributed by atoms with van der Waals surface area (Å²) < 4.78 is 38.0. The van der Waals surface area contributed by atoms with Crippen molar-refractivity contribution in [3.63, 3.8) is 0 Å². The highest BCUT2D eigenvalue weighted by Gasteiger charge is 2.34. The molecule has 0 amide bonds. The predicted octanol–water partition coefficient (Wildman–Crippen LogP) is 2.44. The van der Waals surface area contributed by atoms with E-state index in [2.05, 4.69) is 0 Å². The monoisotopic (exact) mass is 232 g/mol. The summed E-state index contributed by atoms with van der Waals surface area (Å²) in [5.41, 5.74) is 10.5. The van der Waals surface area contributed by atoms with Crippen LogP contribution in [0.2, 0.25) is 0 Å². The van der Waals surface area contributed by atoms with Gasteiger partial charge in [-0.15, -0.1) is 0 Å². The van der Waals surface area contributed by atoms with Crippen molar-refractivity contribution in [1.29, 1.82) is 0 Å². The predicted molar refractivity (Wildman–Crippen MR) is 56.7 cm³/mol. The molecule has 5 heteroatoms. The highest BCUT2D eigenvalue weighted by atomic mass is 19.4. The fraction of sp³-hybridized carbons (Fsp3) is 0.455. The molecule has 0 spiro atoms. The fourth-order valence-corrected chi connectivity index (χ4v) is 1.57. The molecule has 0 fully saturated rings. The molecule has 90 valence electrons. The van der Waals surface area contributed by atoms with Gasteiger partial charge in [0.05, 0.1) is 5.56 Å². The normalized spacial score (nSPS) is 13.8. The van der Waals surface area contributed by atoms with Gasteiger partial charge in [-0.2, -0.15) is 13.2 Å². The van der Waals surface area contributed by atoms with Crippen LogP contribution in [0.1, 0.15) is 30.0 Å². The largest absolute Gasteiger partial charge is 0.416 e. The summed E-state index contributed by atoms with van der Waals surface area (Å²) in [6, 6.07) is 4.79. The minimum atomic E-state index is -4.35. The molecule has 0 saturated carbocycles. The molecular weight excluding hydrogens is 217 g/mol. The second kappa shape index (κ2) is 5.32. The van der Waals surface area contributed by atoms with Gasteiger partial charge >= 0.3 is 6.18 Å². The molecule has 0 heterocycles. The SMILES string of the molecule is NCCC[C@H](N)c1ccccc1C(F)(F)F. The van der Waals surface area contributed by atoms with E-state index in [1.54, 1.807) is 6.07 Å². The zero-order valence-corrected chi connectivity index (χ0v) is 8.80. The van der Waals surface area contributed by atoms with Gasteiger partial charge in [-0.1, -0.05) is 18.2 Å². The second-order valence-electron chi connectivity index (χ2n) is 3.62. The highest BCUT2D eigenvalue weighted by molar-refractivity contribution is 5.32. The third-order valence-electron chi connectivity index (χ3n) is 2.38. The molecule has 0 aliphatic carbocycles. The maximum absolute atomic E-state index is 12.7. The van der Waals surface area contributed by atoms with Crippen LogP contribution >= 0.6 is 0 Å². The van der Waals surface area contributed by atoms with E-state index in [9.17, 15) is 13.2 Å². The number of hydrogen-bond acceptors (Lipinski definition) is 2. The quantitative estimate of drug-likeness (QED) is 0.837. The summed E-state index contributed by atoms with van der Waals surface area (Å²) in [6.07, 6.45) is -3.27. The molecule has 1 atom stereocenters. The molecule has 0 bridgehead atoms. The van der Waals surface area contributed by atoms with Crippen molar-refractivity contribution in [3.8, 4) is 0 Å². The van der Waals surface area contributed by atoms with Gasteiger partial charge < -0.3 is 11.5 Å². The minimum Gasteiger partial charge on any atom is -0.330 e. The Kier molecular flexibility index (Phi) is 4.32. The Labute approximate surface area is 92.4 Å². The third-order valence-corrected chi connectivity index (χ3v) is 2.38. The van der Waals surface area contributed by atoms with Crippen molar-refractivity contribution in [2.75, 3.05) is 6.54 Å². The maximum Gasteiger partial charge on any atom is 0.416 e. The van der Waals surface area contributed by atoms with E-state index in [1.165, 1.54) is 12.1 Å². The van der Waals surface area contributed by atoms with E-state index in [0.717, 1.165) is 6.07 Å². The van der Waals surface area contributed by atoms with Gasteiger partial charge in [0, 0.05) is 6.04 Å². The first-order valence-electron chi connectivity index (χ1n) is 5.08. The molecule has 1 aromatic carbocycles. The number of benzene rings is 1. The van der Waals surface area contributed by atoms with E-state index in [1.807, 2.05) is 0 Å². The second-order valence-corrected chi connectivity index (χ2v) is 3.62. The van der Waals surface area contributed by atoms with Crippen molar-refractivity contribution in [1.82, 2.24) is 0 Å². The van der Waals surface area contributed by atoms with E-state index >= 15 is 0 Å². The lowest BCUT2D eigenvalue weighted by Gasteiger charge is -2.17. The molecule has 0 aromatic heterocycles. The van der Waals surface area contributed by atoms with E-state index in [0.29, 0.717) is 19.4 Å². The number of rotatable bonds is 4. The molecule has 0 aliphatic heterocycles. The van der Waals surface area contributed by atoms with Gasteiger partial charge in [-0.25, -0.2) is 0 Å². The van der Waals surface area contributed by atoms with E-state index < -0.39 is 17.8 Å². The summed E-state index contributed by atoms with van der Waals surface area (Å²) in [5, 5.41) is 0. The van der Waals surface area contributed by atoms with E-state index in [4.69, 9.17) is 11.5 Å². The van der Waals surface area contributed by atoms with Crippen molar-refractivity contribution in [2.45, 2.75) is 25.1 Å². The molecule has 1 rings (SSSR count). The first-order chi connectivity index (χ1) is 7.46. The zero-order valence-electron chi connectivity index (χ0n) is 8.80. The van der Waals surface area contributed by atoms with Crippen molar-refractivity contribution in [3.05, 3.63) is 35.4 Å². The molecule has 0 saturated heterocycles. The van der Waals surface area contributed by atoms with Gasteiger partial charge in [0.15, 0.2) is 0 Å². The third kappa shape index (κ3) is 3.21. The van der Waals surface area contributed by atoms with Gasteiger partial charge in [0.25, 0.3) is 0 Å². The van der Waals surface area contributed by atoms with Crippen LogP contribution in [0.25, 0.3) is 0 Å². The molecule has 0 unspecified atom stereocenters. The molecule has 0 radical (unpaired) electrons. The van der Waals surface area contributed by atoms with Crippen molar-refractivity contribution >= 4 is 0 Å². The van der Waals surface area contributed by atoms with Crippen LogP contribution in [0.3, 0.4) is 0 Å². The Morgan fingerprint density at radius 2 is 1.81 bits per heavy atom. The number of hydrogen-bond donors (Lipinski definition) is 2. The Balaban J connectivity index is 2.94. The average Bonchev–Trinajstić information content (AvgIpc) is 2.24. The van der Waals surface area contributed by atoms with Gasteiger partial charge in [-0.05, 0) is 31.0 Å². The van der Waals surface area contributed by atoms with Crippen LogP contribution in [-0.4, -0.2) is 6.54 Å². The summed E-state index contributed by atoms with van der Waals surface area (Å²) >= 11 is 0. The summed E-state index contributed by atoms with van der Waals surface area (Å²) in [5.74, 6) is 0. The minimum absolute atomic E-state index is 0.142. The number of nitrogens with two attached hydrogens (primary N) is 2. The standard InChI is InChI=1S/C11H15F3N2/c12-11(13,14)9-5-2-1-4-8(9)10(16)6-3-7-15/h1-2,4-5,10H,3,6-7,15-16H2/t10-/m0/s1. The highest BCUT2D eigenvalue weighted by Crippen LogP contribution is 2.34. The Bertz CT molecular complexity index is 336. The summed E-state index contributed by atoms with van der Waals surface area (Å²) in [6.45, 7) is 0.432. The molecule has 2 nitrogen and oxygen atoms in total. The molecular formula is C11H15F3N2. The van der Waals surface area contributed by atoms with Crippen LogP contribution in [0.15, 0.2) is 24.3 Å². The summed E-state index contributed by atoms with van der Waals surface area (Å²) in [4.78, 5) is 0. The molecule has 16 heavy (non-hydrogen) atoms. The lowest BCUT2D eigenvalue weighted by molar-refractivity contribution is -0.138. The Hall–Kier alpha value is -1.07. The van der Waals surface area contributed by atoms with Crippen LogP contribution < -0.4 is 11.5 Å². The van der Waals surface area contributed by atoms with Gasteiger partial charge in [-0.3, -0.25) is 0 Å². The molecule has 1 aromatic rings. The number of halogens is 3. The zero-order chi connectivity index (χ0) is 12.2. The lowest BCUT2D eigenvalue weighted by atomic mass is 9.97. The summed E-state index contributed by atoms with van der Waals surface area (Å²) in [7, 11) is 0. The molecule has 4 N–H and O–H groups in total.